The molecule has 0 aliphatic carbocycles. The topological polar surface area (TPSA) is 46.9 Å². The number of Topliss-reactive ketones (excluding diaryl/α,β-unsaturated/α-hetero) is 1. The minimum absolute atomic E-state index is 0.00535. The van der Waals surface area contributed by atoms with E-state index in [4.69, 9.17) is 0 Å². The number of aryl methyl sites for hydroxylation is 1. The molecular formula is C17H21N3O. The number of nitrogens with zero attached hydrogens (tertiary/aromatic N) is 2. The van der Waals surface area contributed by atoms with Crippen LogP contribution in [-0.4, -0.2) is 21.9 Å². The van der Waals surface area contributed by atoms with Crippen molar-refractivity contribution >= 4 is 11.5 Å². The molecule has 2 heterocycles. The van der Waals surface area contributed by atoms with Crippen molar-refractivity contribution in [3.63, 3.8) is 0 Å². The Labute approximate surface area is 125 Å². The lowest BCUT2D eigenvalue weighted by molar-refractivity contribution is -0.120. The first kappa shape index (κ1) is 13.9. The van der Waals surface area contributed by atoms with Crippen molar-refractivity contribution in [2.45, 2.75) is 38.6 Å². The van der Waals surface area contributed by atoms with Gasteiger partial charge in [0.1, 0.15) is 11.6 Å². The quantitative estimate of drug-likeness (QED) is 0.917. The molecule has 1 N–H and O–H groups in total. The van der Waals surface area contributed by atoms with Crippen molar-refractivity contribution in [3.05, 3.63) is 48.0 Å². The van der Waals surface area contributed by atoms with Crippen LogP contribution in [0.4, 0.5) is 5.69 Å². The van der Waals surface area contributed by atoms with E-state index in [1.54, 1.807) is 6.20 Å². The maximum absolute atomic E-state index is 12.7. The maximum Gasteiger partial charge on any atom is 0.147 e. The number of hydrogen-bond acceptors (Lipinski definition) is 3. The predicted octanol–water partition coefficient (Wildman–Crippen LogP) is 3.00. The SMILES string of the molecule is CCCn1ccnc1CC(=O)C1CCNc2ccccc21. The summed E-state index contributed by atoms with van der Waals surface area (Å²) in [5.41, 5.74) is 2.22. The molecule has 3 rings (SSSR count). The van der Waals surface area contributed by atoms with E-state index in [0.29, 0.717) is 6.42 Å². The third-order valence-corrected chi connectivity index (χ3v) is 4.07. The van der Waals surface area contributed by atoms with Gasteiger partial charge in [0.15, 0.2) is 0 Å². The molecule has 0 saturated heterocycles. The molecule has 0 fully saturated rings. The lowest BCUT2D eigenvalue weighted by Gasteiger charge is -2.25. The Hall–Kier alpha value is -2.10. The van der Waals surface area contributed by atoms with Gasteiger partial charge < -0.3 is 9.88 Å². The average molecular weight is 283 g/mol. The third-order valence-electron chi connectivity index (χ3n) is 4.07. The lowest BCUT2D eigenvalue weighted by Crippen LogP contribution is -2.25. The number of carbonyl (C=O) groups is 1. The minimum Gasteiger partial charge on any atom is -0.385 e. The minimum atomic E-state index is -0.00535. The van der Waals surface area contributed by atoms with E-state index < -0.39 is 0 Å². The fraction of sp³-hybridized carbons (Fsp3) is 0.412. The van der Waals surface area contributed by atoms with Gasteiger partial charge in [-0.05, 0) is 24.5 Å². The second-order valence-electron chi connectivity index (χ2n) is 5.54. The first-order chi connectivity index (χ1) is 10.3. The molecule has 1 aliphatic heterocycles. The number of nitrogens with one attached hydrogen (secondary N) is 1. The smallest absolute Gasteiger partial charge is 0.147 e. The van der Waals surface area contributed by atoms with E-state index in [9.17, 15) is 4.79 Å². The third kappa shape index (κ3) is 2.84. The normalized spacial score (nSPS) is 17.1. The molecule has 0 saturated carbocycles. The summed E-state index contributed by atoms with van der Waals surface area (Å²) in [5, 5.41) is 3.36. The summed E-state index contributed by atoms with van der Waals surface area (Å²) in [6, 6.07) is 8.12. The van der Waals surface area contributed by atoms with Crippen LogP contribution in [0.3, 0.4) is 0 Å². The maximum atomic E-state index is 12.7. The van der Waals surface area contributed by atoms with Crippen molar-refractivity contribution in [2.24, 2.45) is 0 Å². The summed E-state index contributed by atoms with van der Waals surface area (Å²) in [7, 11) is 0. The van der Waals surface area contributed by atoms with Gasteiger partial charge >= 0.3 is 0 Å². The van der Waals surface area contributed by atoms with Crippen LogP contribution >= 0.6 is 0 Å². The molecule has 0 amide bonds. The lowest BCUT2D eigenvalue weighted by atomic mass is 9.86. The number of aromatic nitrogens is 2. The van der Waals surface area contributed by atoms with Crippen LogP contribution in [0.25, 0.3) is 0 Å². The van der Waals surface area contributed by atoms with Crippen LogP contribution < -0.4 is 5.32 Å². The Morgan fingerprint density at radius 1 is 1.43 bits per heavy atom. The largest absolute Gasteiger partial charge is 0.385 e. The highest BCUT2D eigenvalue weighted by molar-refractivity contribution is 5.89. The Morgan fingerprint density at radius 3 is 3.14 bits per heavy atom. The molecule has 1 atom stereocenters. The van der Waals surface area contributed by atoms with E-state index >= 15 is 0 Å². The summed E-state index contributed by atoms with van der Waals surface area (Å²) in [6.07, 6.45) is 6.08. The summed E-state index contributed by atoms with van der Waals surface area (Å²) in [5.74, 6) is 1.15. The van der Waals surface area contributed by atoms with Crippen LogP contribution in [0.15, 0.2) is 36.7 Å². The Bertz CT molecular complexity index is 632. The van der Waals surface area contributed by atoms with Crippen LogP contribution in [0.2, 0.25) is 0 Å². The number of rotatable bonds is 5. The van der Waals surface area contributed by atoms with Gasteiger partial charge in [-0.1, -0.05) is 25.1 Å². The standard InChI is InChI=1S/C17H21N3O/c1-2-10-20-11-9-19-17(20)12-16(21)14-7-8-18-15-6-4-3-5-13(14)15/h3-6,9,11,14,18H,2,7-8,10,12H2,1H3. The molecule has 4 heteroatoms. The number of imidazole rings is 1. The number of benzene rings is 1. The number of para-hydroxylation sites is 1. The highest BCUT2D eigenvalue weighted by Crippen LogP contribution is 2.32. The van der Waals surface area contributed by atoms with E-state index in [-0.39, 0.29) is 11.7 Å². The van der Waals surface area contributed by atoms with Crippen LogP contribution in [0.1, 0.15) is 37.1 Å². The number of fused-ring (bicyclic) bond motifs is 1. The second kappa shape index (κ2) is 6.12. The Balaban J connectivity index is 1.79. The van der Waals surface area contributed by atoms with E-state index in [1.807, 2.05) is 24.4 Å². The zero-order chi connectivity index (χ0) is 14.7. The molecule has 0 bridgehead atoms. The summed E-state index contributed by atoms with van der Waals surface area (Å²) in [4.78, 5) is 17.1. The van der Waals surface area contributed by atoms with Gasteiger partial charge in [0.2, 0.25) is 0 Å². The van der Waals surface area contributed by atoms with E-state index in [0.717, 1.165) is 43.0 Å². The van der Waals surface area contributed by atoms with Crippen molar-refractivity contribution in [2.75, 3.05) is 11.9 Å². The van der Waals surface area contributed by atoms with Crippen LogP contribution in [0.5, 0.6) is 0 Å². The number of carbonyl (C=O) groups excluding carboxylic acids is 1. The first-order valence-electron chi connectivity index (χ1n) is 7.65. The first-order valence-corrected chi connectivity index (χ1v) is 7.65. The summed E-state index contributed by atoms with van der Waals surface area (Å²) >= 11 is 0. The highest BCUT2D eigenvalue weighted by atomic mass is 16.1. The fourth-order valence-corrected chi connectivity index (χ4v) is 3.03. The van der Waals surface area contributed by atoms with Gasteiger partial charge in [0.05, 0.1) is 6.42 Å². The molecule has 1 aromatic carbocycles. The Morgan fingerprint density at radius 2 is 2.29 bits per heavy atom. The zero-order valence-corrected chi connectivity index (χ0v) is 12.4. The average Bonchev–Trinajstić information content (AvgIpc) is 2.94. The van der Waals surface area contributed by atoms with Gasteiger partial charge in [-0.2, -0.15) is 0 Å². The van der Waals surface area contributed by atoms with Gasteiger partial charge in [0, 0.05) is 37.1 Å². The number of ketones is 1. The van der Waals surface area contributed by atoms with Gasteiger partial charge in [-0.15, -0.1) is 0 Å². The molecule has 1 aliphatic rings. The van der Waals surface area contributed by atoms with E-state index in [2.05, 4.69) is 27.9 Å². The molecule has 1 aromatic heterocycles. The number of hydrogen-bond donors (Lipinski definition) is 1. The monoisotopic (exact) mass is 283 g/mol. The molecule has 2 aromatic rings. The van der Waals surface area contributed by atoms with Crippen LogP contribution in [0, 0.1) is 0 Å². The fourth-order valence-electron chi connectivity index (χ4n) is 3.03. The van der Waals surface area contributed by atoms with E-state index in [1.165, 1.54) is 0 Å². The van der Waals surface area contributed by atoms with Gasteiger partial charge in [-0.3, -0.25) is 4.79 Å². The van der Waals surface area contributed by atoms with Crippen molar-refractivity contribution < 1.29 is 4.79 Å². The zero-order valence-electron chi connectivity index (χ0n) is 12.4. The molecule has 0 radical (unpaired) electrons. The number of anilines is 1. The predicted molar refractivity (Wildman–Crippen MR) is 83.5 cm³/mol. The van der Waals surface area contributed by atoms with Crippen molar-refractivity contribution in [3.8, 4) is 0 Å². The summed E-state index contributed by atoms with van der Waals surface area (Å²) in [6.45, 7) is 3.91. The molecule has 0 spiro atoms. The molecule has 110 valence electrons. The molecule has 1 unspecified atom stereocenters. The Kier molecular flexibility index (Phi) is 4.04. The molecule has 4 nitrogen and oxygen atoms in total. The molecular weight excluding hydrogens is 262 g/mol. The highest BCUT2D eigenvalue weighted by Gasteiger charge is 2.26. The van der Waals surface area contributed by atoms with Crippen molar-refractivity contribution in [1.29, 1.82) is 0 Å². The van der Waals surface area contributed by atoms with Crippen molar-refractivity contribution in [1.82, 2.24) is 9.55 Å². The van der Waals surface area contributed by atoms with Crippen LogP contribution in [-0.2, 0) is 17.8 Å². The second-order valence-corrected chi connectivity index (χ2v) is 5.54. The molecule has 21 heavy (non-hydrogen) atoms. The van der Waals surface area contributed by atoms with Gasteiger partial charge in [-0.25, -0.2) is 4.98 Å². The summed E-state index contributed by atoms with van der Waals surface area (Å²) < 4.78 is 2.09. The van der Waals surface area contributed by atoms with Gasteiger partial charge in [0.25, 0.3) is 0 Å².